The van der Waals surface area contributed by atoms with Crippen LogP contribution in [0, 0.1) is 2.88 Å². The highest BCUT2D eigenvalue weighted by atomic mass is 127. The molecule has 0 aliphatic heterocycles. The molecule has 0 spiro atoms. The first kappa shape index (κ1) is 7.36. The Hall–Kier alpha value is -0.290. The molecule has 2 aromatic heterocycles. The summed E-state index contributed by atoms with van der Waals surface area (Å²) in [5, 5.41) is 0. The minimum Gasteiger partial charge on any atom is -0.464 e. The molecule has 11 heavy (non-hydrogen) atoms. The Morgan fingerprint density at radius 2 is 2.18 bits per heavy atom. The highest BCUT2D eigenvalue weighted by molar-refractivity contribution is 14.1. The van der Waals surface area contributed by atoms with Crippen molar-refractivity contribution in [1.82, 2.24) is 0 Å². The molecule has 0 saturated heterocycles. The Kier molecular flexibility index (Phi) is 2.00. The number of thiophene rings is 1. The van der Waals surface area contributed by atoms with Crippen molar-refractivity contribution in [3.05, 3.63) is 33.4 Å². The van der Waals surface area contributed by atoms with E-state index in [-0.39, 0.29) is 0 Å². The van der Waals surface area contributed by atoms with Crippen LogP contribution in [0.5, 0.6) is 0 Å². The number of rotatable bonds is 1. The first-order valence-corrected chi connectivity index (χ1v) is 5.05. The van der Waals surface area contributed by atoms with Gasteiger partial charge in [-0.15, -0.1) is 11.3 Å². The molecule has 3 heteroatoms. The summed E-state index contributed by atoms with van der Waals surface area (Å²) in [6.07, 6.45) is 1.70. The van der Waals surface area contributed by atoms with Gasteiger partial charge in [-0.25, -0.2) is 0 Å². The zero-order chi connectivity index (χ0) is 7.68. The van der Waals surface area contributed by atoms with Gasteiger partial charge >= 0.3 is 0 Å². The van der Waals surface area contributed by atoms with Crippen molar-refractivity contribution in [1.29, 1.82) is 0 Å². The fraction of sp³-hybridized carbons (Fsp3) is 0. The van der Waals surface area contributed by atoms with Gasteiger partial charge in [-0.2, -0.15) is 0 Å². The monoisotopic (exact) mass is 276 g/mol. The van der Waals surface area contributed by atoms with E-state index in [2.05, 4.69) is 34.7 Å². The molecule has 0 aliphatic rings. The van der Waals surface area contributed by atoms with Crippen LogP contribution in [0.4, 0.5) is 0 Å². The van der Waals surface area contributed by atoms with Gasteiger partial charge in [-0.1, -0.05) is 0 Å². The van der Waals surface area contributed by atoms with E-state index in [0.717, 1.165) is 5.76 Å². The molecule has 2 rings (SSSR count). The molecule has 0 saturated carbocycles. The predicted octanol–water partition coefficient (Wildman–Crippen LogP) is 3.61. The van der Waals surface area contributed by atoms with E-state index in [0.29, 0.717) is 0 Å². The van der Waals surface area contributed by atoms with Crippen LogP contribution in [0.1, 0.15) is 0 Å². The Bertz CT molecular complexity index is 337. The first-order valence-electron chi connectivity index (χ1n) is 3.15. The molecule has 2 aromatic rings. The van der Waals surface area contributed by atoms with Gasteiger partial charge in [0.15, 0.2) is 0 Å². The van der Waals surface area contributed by atoms with Crippen molar-refractivity contribution in [3.8, 4) is 10.6 Å². The number of furan rings is 1. The summed E-state index contributed by atoms with van der Waals surface area (Å²) < 4.78 is 6.53. The topological polar surface area (TPSA) is 13.1 Å². The quantitative estimate of drug-likeness (QED) is 0.725. The van der Waals surface area contributed by atoms with Crippen LogP contribution in [-0.4, -0.2) is 0 Å². The molecule has 0 radical (unpaired) electrons. The third kappa shape index (κ3) is 1.49. The third-order valence-corrected chi connectivity index (χ3v) is 3.25. The van der Waals surface area contributed by atoms with E-state index in [4.69, 9.17) is 4.42 Å². The van der Waals surface area contributed by atoms with Crippen molar-refractivity contribution in [2.24, 2.45) is 0 Å². The van der Waals surface area contributed by atoms with Crippen LogP contribution in [-0.2, 0) is 0 Å². The fourth-order valence-electron chi connectivity index (χ4n) is 0.865. The lowest BCUT2D eigenvalue weighted by Gasteiger charge is -1.85. The van der Waals surface area contributed by atoms with Gasteiger partial charge < -0.3 is 4.42 Å². The maximum absolute atomic E-state index is 5.24. The molecule has 0 fully saturated rings. The second-order valence-electron chi connectivity index (χ2n) is 2.08. The lowest BCUT2D eigenvalue weighted by atomic mass is 10.4. The molecule has 0 aliphatic carbocycles. The van der Waals surface area contributed by atoms with E-state index < -0.39 is 0 Å². The largest absolute Gasteiger partial charge is 0.464 e. The molecule has 1 nitrogen and oxygen atoms in total. The average Bonchev–Trinajstić information content (AvgIpc) is 2.55. The second kappa shape index (κ2) is 2.98. The van der Waals surface area contributed by atoms with Gasteiger partial charge in [0.25, 0.3) is 0 Å². The molecule has 0 aromatic carbocycles. The van der Waals surface area contributed by atoms with Crippen molar-refractivity contribution in [2.45, 2.75) is 0 Å². The summed E-state index contributed by atoms with van der Waals surface area (Å²) in [5.41, 5.74) is 0. The van der Waals surface area contributed by atoms with E-state index >= 15 is 0 Å². The van der Waals surface area contributed by atoms with Crippen LogP contribution in [0.2, 0.25) is 0 Å². The maximum atomic E-state index is 5.24. The number of halogens is 1. The van der Waals surface area contributed by atoms with Crippen LogP contribution in [0.15, 0.2) is 34.9 Å². The summed E-state index contributed by atoms with van der Waals surface area (Å²) in [5.74, 6) is 0.956. The van der Waals surface area contributed by atoms with Crippen molar-refractivity contribution in [3.63, 3.8) is 0 Å². The highest BCUT2D eigenvalue weighted by Gasteiger charge is 2.01. The summed E-state index contributed by atoms with van der Waals surface area (Å²) in [6, 6.07) is 8.04. The maximum Gasteiger partial charge on any atom is 0.143 e. The van der Waals surface area contributed by atoms with Gasteiger partial charge in [-0.05, 0) is 46.9 Å². The summed E-state index contributed by atoms with van der Waals surface area (Å²) >= 11 is 4.04. The van der Waals surface area contributed by atoms with Crippen LogP contribution in [0.3, 0.4) is 0 Å². The number of hydrogen-bond acceptors (Lipinski definition) is 2. The van der Waals surface area contributed by atoms with Crippen LogP contribution in [0.25, 0.3) is 10.6 Å². The summed E-state index contributed by atoms with van der Waals surface area (Å²) in [4.78, 5) is 1.19. The highest BCUT2D eigenvalue weighted by Crippen LogP contribution is 2.28. The van der Waals surface area contributed by atoms with Crippen LogP contribution < -0.4 is 0 Å². The average molecular weight is 276 g/mol. The first-order chi connectivity index (χ1) is 5.36. The number of hydrogen-bond donors (Lipinski definition) is 0. The van der Waals surface area contributed by atoms with E-state index in [9.17, 15) is 0 Å². The van der Waals surface area contributed by atoms with Gasteiger partial charge in [0.05, 0.1) is 14.0 Å². The molecular weight excluding hydrogens is 271 g/mol. The van der Waals surface area contributed by atoms with Gasteiger partial charge in [-0.3, -0.25) is 0 Å². The Balaban J connectivity index is 2.45. The standard InChI is InChI=1S/C8H5IOS/c9-8-4-3-7(11-8)6-2-1-5-10-6/h1-5H. The van der Waals surface area contributed by atoms with Crippen molar-refractivity contribution >= 4 is 33.9 Å². The predicted molar refractivity (Wildman–Crippen MR) is 54.7 cm³/mol. The van der Waals surface area contributed by atoms with E-state index in [1.807, 2.05) is 12.1 Å². The van der Waals surface area contributed by atoms with Crippen molar-refractivity contribution < 1.29 is 4.42 Å². The summed E-state index contributed by atoms with van der Waals surface area (Å²) in [6.45, 7) is 0. The Labute approximate surface area is 82.2 Å². The molecule has 2 heterocycles. The molecule has 0 N–H and O–H groups in total. The molecule has 56 valence electrons. The molecule has 0 bridgehead atoms. The smallest absolute Gasteiger partial charge is 0.143 e. The van der Waals surface area contributed by atoms with Crippen molar-refractivity contribution in [2.75, 3.05) is 0 Å². The zero-order valence-corrected chi connectivity index (χ0v) is 8.56. The third-order valence-electron chi connectivity index (χ3n) is 1.34. The van der Waals surface area contributed by atoms with E-state index in [1.165, 1.54) is 7.76 Å². The van der Waals surface area contributed by atoms with Gasteiger partial charge in [0.2, 0.25) is 0 Å². The zero-order valence-electron chi connectivity index (χ0n) is 5.58. The molecule has 0 unspecified atom stereocenters. The Morgan fingerprint density at radius 3 is 2.73 bits per heavy atom. The SMILES string of the molecule is Ic1ccc(-c2ccco2)s1. The van der Waals surface area contributed by atoms with Gasteiger partial charge in [0, 0.05) is 0 Å². The molecule has 0 atom stereocenters. The minimum atomic E-state index is 0.956. The lowest BCUT2D eigenvalue weighted by Crippen LogP contribution is -1.58. The van der Waals surface area contributed by atoms with Gasteiger partial charge in [0.1, 0.15) is 5.76 Å². The Morgan fingerprint density at radius 1 is 1.27 bits per heavy atom. The minimum absolute atomic E-state index is 0.956. The normalized spacial score (nSPS) is 10.3. The summed E-state index contributed by atoms with van der Waals surface area (Å²) in [7, 11) is 0. The van der Waals surface area contributed by atoms with E-state index in [1.54, 1.807) is 17.6 Å². The second-order valence-corrected chi connectivity index (χ2v) is 5.06. The molecular formula is C8H5IOS. The lowest BCUT2D eigenvalue weighted by molar-refractivity contribution is 0.584. The van der Waals surface area contributed by atoms with Crippen LogP contribution >= 0.6 is 33.9 Å². The fourth-order valence-corrected chi connectivity index (χ4v) is 2.46. The molecule has 0 amide bonds.